The fourth-order valence-corrected chi connectivity index (χ4v) is 5.53. The van der Waals surface area contributed by atoms with Crippen LogP contribution < -0.4 is 21.3 Å². The summed E-state index contributed by atoms with van der Waals surface area (Å²) in [4.78, 5) is 31.8. The fraction of sp³-hybridized carbons (Fsp3) is 0.529. The van der Waals surface area contributed by atoms with Crippen LogP contribution in [0.3, 0.4) is 0 Å². The van der Waals surface area contributed by atoms with Crippen LogP contribution in [-0.4, -0.2) is 68.1 Å². The monoisotopic (exact) mass is 640 g/mol. The van der Waals surface area contributed by atoms with Crippen LogP contribution in [0.4, 0.5) is 0 Å². The number of hydrogen-bond acceptors (Lipinski definition) is 4. The van der Waals surface area contributed by atoms with Gasteiger partial charge in [-0.25, -0.2) is 0 Å². The maximum atomic E-state index is 14.0. The molecule has 2 aromatic rings. The lowest BCUT2D eigenvalue weighted by Gasteiger charge is -2.40. The van der Waals surface area contributed by atoms with Crippen molar-refractivity contribution < 1.29 is 9.59 Å². The number of rotatable bonds is 11. The highest BCUT2D eigenvalue weighted by Gasteiger charge is 2.35. The van der Waals surface area contributed by atoms with E-state index in [1.54, 1.807) is 0 Å². The number of thiocarbonyl (C=S) groups is 2. The molecule has 242 valence electrons. The molecule has 0 fully saturated rings. The zero-order valence-electron chi connectivity index (χ0n) is 28.0. The summed E-state index contributed by atoms with van der Waals surface area (Å²) in [6, 6.07) is 17.9. The number of hydrogen-bond donors (Lipinski definition) is 4. The fourth-order valence-electron chi connectivity index (χ4n) is 4.66. The first kappa shape index (κ1) is 36.9. The number of nitrogens with zero attached hydrogens (tertiary/aromatic N) is 2. The van der Waals surface area contributed by atoms with E-state index in [1.165, 1.54) is 0 Å². The van der Waals surface area contributed by atoms with E-state index in [-0.39, 0.29) is 23.9 Å². The number of amides is 2. The van der Waals surface area contributed by atoms with Gasteiger partial charge in [-0.3, -0.25) is 9.59 Å². The van der Waals surface area contributed by atoms with Gasteiger partial charge in [0.1, 0.15) is 12.1 Å². The summed E-state index contributed by atoms with van der Waals surface area (Å²) < 4.78 is 0. The first-order chi connectivity index (χ1) is 20.4. The molecule has 0 aromatic heterocycles. The Labute approximate surface area is 275 Å². The lowest BCUT2D eigenvalue weighted by molar-refractivity contribution is -0.128. The van der Waals surface area contributed by atoms with Crippen LogP contribution in [0.25, 0.3) is 0 Å². The zero-order chi connectivity index (χ0) is 33.2. The molecular formula is C34H52N6O2S2. The second-order valence-electron chi connectivity index (χ2n) is 13.7. The standard InChI is InChI=1S/C34H52N6O2S2/c1-23(2)35-31(43)39(27(25-17-13-11-14-18-25)29(41)37-33(5,6)7)21-22-40(32(44)36-24(3)4)28(26-19-15-12-16-20-26)30(42)38-34(8,9)10/h11-20,23-24,27-28H,21-22H2,1-10H3,(H,35,43)(H,36,44)(H,37,41)(H,38,42). The van der Waals surface area contributed by atoms with E-state index < -0.39 is 23.2 Å². The Morgan fingerprint density at radius 3 is 1.16 bits per heavy atom. The van der Waals surface area contributed by atoms with E-state index in [1.807, 2.05) is 140 Å². The van der Waals surface area contributed by atoms with Gasteiger partial charge in [0.2, 0.25) is 11.8 Å². The highest BCUT2D eigenvalue weighted by atomic mass is 32.1. The van der Waals surface area contributed by atoms with Crippen LogP contribution in [0, 0.1) is 0 Å². The summed E-state index contributed by atoms with van der Waals surface area (Å²) in [6.07, 6.45) is 0. The molecule has 2 atom stereocenters. The van der Waals surface area contributed by atoms with Crippen molar-refractivity contribution in [1.29, 1.82) is 0 Å². The molecule has 0 spiro atoms. The molecule has 2 aromatic carbocycles. The van der Waals surface area contributed by atoms with Gasteiger partial charge in [-0.2, -0.15) is 0 Å². The molecule has 0 saturated heterocycles. The van der Waals surface area contributed by atoms with E-state index >= 15 is 0 Å². The predicted molar refractivity (Wildman–Crippen MR) is 189 cm³/mol. The summed E-state index contributed by atoms with van der Waals surface area (Å²) in [5.41, 5.74) is 0.700. The van der Waals surface area contributed by atoms with Gasteiger partial charge in [0.15, 0.2) is 10.2 Å². The third kappa shape index (κ3) is 12.0. The van der Waals surface area contributed by atoms with Crippen molar-refractivity contribution in [3.63, 3.8) is 0 Å². The molecule has 0 aliphatic carbocycles. The Balaban J connectivity index is 2.66. The second kappa shape index (κ2) is 16.2. The SMILES string of the molecule is CC(C)NC(=S)N(CCN(C(=S)NC(C)C)C(C(=O)NC(C)(C)C)c1ccccc1)C(C(=O)NC(C)(C)C)c1ccccc1. The van der Waals surface area contributed by atoms with Crippen LogP contribution in [-0.2, 0) is 9.59 Å². The normalized spacial score (nSPS) is 13.1. The van der Waals surface area contributed by atoms with Crippen LogP contribution in [0.15, 0.2) is 60.7 Å². The molecule has 2 unspecified atom stereocenters. The van der Waals surface area contributed by atoms with Gasteiger partial charge in [0.25, 0.3) is 0 Å². The summed E-state index contributed by atoms with van der Waals surface area (Å²) in [6.45, 7) is 20.4. The number of carbonyl (C=O) groups excluding carboxylic acids is 2. The first-order valence-corrected chi connectivity index (χ1v) is 16.1. The van der Waals surface area contributed by atoms with Crippen molar-refractivity contribution in [1.82, 2.24) is 31.1 Å². The molecule has 0 aliphatic rings. The van der Waals surface area contributed by atoms with Gasteiger partial charge in [-0.1, -0.05) is 60.7 Å². The molecule has 0 aliphatic heterocycles. The van der Waals surface area contributed by atoms with Gasteiger partial charge in [-0.05, 0) is 105 Å². The van der Waals surface area contributed by atoms with Gasteiger partial charge in [-0.15, -0.1) is 0 Å². The Kier molecular flexibility index (Phi) is 13.6. The van der Waals surface area contributed by atoms with Crippen LogP contribution >= 0.6 is 24.4 Å². The number of nitrogens with one attached hydrogen (secondary N) is 4. The van der Waals surface area contributed by atoms with Crippen LogP contribution in [0.2, 0.25) is 0 Å². The lowest BCUT2D eigenvalue weighted by atomic mass is 10.0. The highest BCUT2D eigenvalue weighted by Crippen LogP contribution is 2.26. The summed E-state index contributed by atoms with van der Waals surface area (Å²) >= 11 is 11.9. The molecule has 2 rings (SSSR count). The highest BCUT2D eigenvalue weighted by molar-refractivity contribution is 7.80. The molecule has 2 amide bonds. The van der Waals surface area contributed by atoms with Gasteiger partial charge < -0.3 is 31.1 Å². The van der Waals surface area contributed by atoms with Crippen molar-refractivity contribution in [3.05, 3.63) is 71.8 Å². The molecule has 0 bridgehead atoms. The minimum atomic E-state index is -0.721. The number of benzene rings is 2. The quantitative estimate of drug-likeness (QED) is 0.241. The Bertz CT molecular complexity index is 1140. The topological polar surface area (TPSA) is 88.7 Å². The predicted octanol–water partition coefficient (Wildman–Crippen LogP) is 5.47. The van der Waals surface area contributed by atoms with E-state index in [0.29, 0.717) is 23.3 Å². The second-order valence-corrected chi connectivity index (χ2v) is 14.5. The van der Waals surface area contributed by atoms with Crippen LogP contribution in [0.1, 0.15) is 92.4 Å². The minimum Gasteiger partial charge on any atom is -0.360 e. The van der Waals surface area contributed by atoms with Crippen LogP contribution in [0.5, 0.6) is 0 Å². The van der Waals surface area contributed by atoms with Crippen molar-refractivity contribution in [2.75, 3.05) is 13.1 Å². The molecule has 0 saturated carbocycles. The largest absolute Gasteiger partial charge is 0.360 e. The van der Waals surface area contributed by atoms with E-state index in [4.69, 9.17) is 24.4 Å². The molecule has 44 heavy (non-hydrogen) atoms. The zero-order valence-corrected chi connectivity index (χ0v) is 29.7. The third-order valence-electron chi connectivity index (χ3n) is 6.27. The average molecular weight is 641 g/mol. The molecule has 0 heterocycles. The minimum absolute atomic E-state index is 0.0431. The van der Waals surface area contributed by atoms with Crippen molar-refractivity contribution in [2.45, 2.75) is 104 Å². The average Bonchev–Trinajstić information content (AvgIpc) is 2.88. The maximum absolute atomic E-state index is 14.0. The lowest BCUT2D eigenvalue weighted by Crippen LogP contribution is -2.56. The van der Waals surface area contributed by atoms with E-state index in [0.717, 1.165) is 11.1 Å². The third-order valence-corrected chi connectivity index (χ3v) is 6.98. The van der Waals surface area contributed by atoms with Crippen molar-refractivity contribution in [2.24, 2.45) is 0 Å². The Morgan fingerprint density at radius 2 is 0.909 bits per heavy atom. The van der Waals surface area contributed by atoms with Gasteiger partial charge in [0.05, 0.1) is 0 Å². The van der Waals surface area contributed by atoms with Crippen molar-refractivity contribution >= 4 is 46.5 Å². The van der Waals surface area contributed by atoms with Crippen molar-refractivity contribution in [3.8, 4) is 0 Å². The van der Waals surface area contributed by atoms with E-state index in [2.05, 4.69) is 21.3 Å². The molecule has 4 N–H and O–H groups in total. The van der Waals surface area contributed by atoms with Gasteiger partial charge >= 0.3 is 0 Å². The van der Waals surface area contributed by atoms with Gasteiger partial charge in [0, 0.05) is 36.3 Å². The number of carbonyl (C=O) groups is 2. The Morgan fingerprint density at radius 1 is 0.614 bits per heavy atom. The smallest absolute Gasteiger partial charge is 0.247 e. The Hall–Kier alpha value is -3.24. The molecule has 10 heteroatoms. The summed E-state index contributed by atoms with van der Waals surface area (Å²) in [7, 11) is 0. The molecular weight excluding hydrogens is 589 g/mol. The molecule has 0 radical (unpaired) electrons. The molecule has 8 nitrogen and oxygen atoms in total. The van der Waals surface area contributed by atoms with E-state index in [9.17, 15) is 9.59 Å². The first-order valence-electron chi connectivity index (χ1n) is 15.3. The summed E-state index contributed by atoms with van der Waals surface area (Å²) in [5, 5.41) is 13.9. The summed E-state index contributed by atoms with van der Waals surface area (Å²) in [5.74, 6) is -0.341. The maximum Gasteiger partial charge on any atom is 0.247 e.